The topological polar surface area (TPSA) is 41.0 Å². The van der Waals surface area contributed by atoms with Crippen molar-refractivity contribution in [1.82, 2.24) is 15.1 Å². The van der Waals surface area contributed by atoms with Gasteiger partial charge in [0.1, 0.15) is 11.6 Å². The molecule has 0 amide bonds. The smallest absolute Gasteiger partial charge is 0.148 e. The molecule has 2 aromatic rings. The van der Waals surface area contributed by atoms with Gasteiger partial charge in [0.2, 0.25) is 0 Å². The number of piperidine rings is 1. The molecule has 1 N–H and O–H groups in total. The predicted molar refractivity (Wildman–Crippen MR) is 107 cm³/mol. The van der Waals surface area contributed by atoms with Crippen molar-refractivity contribution < 1.29 is 4.39 Å². The molecule has 2 aliphatic rings. The van der Waals surface area contributed by atoms with Crippen LogP contribution in [-0.2, 0) is 0 Å². The van der Waals surface area contributed by atoms with Crippen LogP contribution in [-0.4, -0.2) is 40.8 Å². The molecule has 1 aliphatic heterocycles. The van der Waals surface area contributed by atoms with E-state index in [-0.39, 0.29) is 5.82 Å². The van der Waals surface area contributed by atoms with E-state index in [4.69, 9.17) is 11.6 Å². The lowest BCUT2D eigenvalue weighted by Gasteiger charge is -2.25. The average molecular weight is 389 g/mol. The number of nitrogens with one attached hydrogen (secondary N) is 1. The first kappa shape index (κ1) is 18.6. The lowest BCUT2D eigenvalue weighted by atomic mass is 9.92. The second-order valence-corrected chi connectivity index (χ2v) is 9.40. The normalized spacial score (nSPS) is 24.7. The van der Waals surface area contributed by atoms with Gasteiger partial charge in [-0.2, -0.15) is 0 Å². The third kappa shape index (κ3) is 4.25. The first-order valence-corrected chi connectivity index (χ1v) is 9.96. The molecule has 27 heavy (non-hydrogen) atoms. The SMILES string of the molecule is CC(C)(C)CCN1C[C@@H]2[C@H](C1)[C@@H]2Nc1ccc(-c2cc(F)ccc2Cl)nn1. The number of nitrogens with zero attached hydrogens (tertiary/aromatic N) is 3. The Morgan fingerprint density at radius 2 is 1.89 bits per heavy atom. The molecular formula is C21H26ClFN4. The van der Waals surface area contributed by atoms with Crippen LogP contribution in [0.25, 0.3) is 11.3 Å². The van der Waals surface area contributed by atoms with E-state index in [1.807, 2.05) is 12.1 Å². The highest BCUT2D eigenvalue weighted by Crippen LogP contribution is 2.47. The maximum atomic E-state index is 13.5. The Hall–Kier alpha value is -1.72. The van der Waals surface area contributed by atoms with Gasteiger partial charge in [0.25, 0.3) is 0 Å². The number of fused-ring (bicyclic) bond motifs is 1. The summed E-state index contributed by atoms with van der Waals surface area (Å²) in [5.74, 6) is 1.86. The molecule has 144 valence electrons. The number of halogens is 2. The molecule has 1 saturated heterocycles. The Morgan fingerprint density at radius 3 is 2.52 bits per heavy atom. The van der Waals surface area contributed by atoms with Gasteiger partial charge in [-0.1, -0.05) is 32.4 Å². The maximum Gasteiger partial charge on any atom is 0.148 e. The van der Waals surface area contributed by atoms with E-state index in [0.29, 0.717) is 39.6 Å². The number of hydrogen-bond acceptors (Lipinski definition) is 4. The van der Waals surface area contributed by atoms with E-state index >= 15 is 0 Å². The molecule has 1 aliphatic carbocycles. The fraction of sp³-hybridized carbons (Fsp3) is 0.524. The van der Waals surface area contributed by atoms with Crippen molar-refractivity contribution in [1.29, 1.82) is 0 Å². The largest absolute Gasteiger partial charge is 0.365 e. The van der Waals surface area contributed by atoms with Crippen LogP contribution in [0.15, 0.2) is 30.3 Å². The maximum absolute atomic E-state index is 13.5. The van der Waals surface area contributed by atoms with Crippen molar-refractivity contribution in [3.63, 3.8) is 0 Å². The van der Waals surface area contributed by atoms with Crippen molar-refractivity contribution in [3.05, 3.63) is 41.2 Å². The van der Waals surface area contributed by atoms with Gasteiger partial charge >= 0.3 is 0 Å². The summed E-state index contributed by atoms with van der Waals surface area (Å²) >= 11 is 6.14. The van der Waals surface area contributed by atoms with Crippen molar-refractivity contribution in [2.24, 2.45) is 17.3 Å². The number of hydrogen-bond donors (Lipinski definition) is 1. The highest BCUT2D eigenvalue weighted by atomic mass is 35.5. The summed E-state index contributed by atoms with van der Waals surface area (Å²) in [7, 11) is 0. The monoisotopic (exact) mass is 388 g/mol. The summed E-state index contributed by atoms with van der Waals surface area (Å²) < 4.78 is 13.5. The van der Waals surface area contributed by atoms with E-state index in [0.717, 1.165) is 5.82 Å². The average Bonchev–Trinajstić information content (AvgIpc) is 3.05. The Morgan fingerprint density at radius 1 is 1.15 bits per heavy atom. The van der Waals surface area contributed by atoms with E-state index < -0.39 is 0 Å². The third-order valence-electron chi connectivity index (χ3n) is 5.63. The van der Waals surface area contributed by atoms with Crippen LogP contribution in [0.5, 0.6) is 0 Å². The van der Waals surface area contributed by atoms with Crippen LogP contribution < -0.4 is 5.32 Å². The summed E-state index contributed by atoms with van der Waals surface area (Å²) in [5.41, 5.74) is 1.54. The highest BCUT2D eigenvalue weighted by Gasteiger charge is 2.55. The van der Waals surface area contributed by atoms with Crippen molar-refractivity contribution in [2.75, 3.05) is 25.0 Å². The minimum absolute atomic E-state index is 0.333. The summed E-state index contributed by atoms with van der Waals surface area (Å²) in [6, 6.07) is 8.49. The molecule has 0 bridgehead atoms. The molecule has 4 rings (SSSR count). The second-order valence-electron chi connectivity index (χ2n) is 9.00. The van der Waals surface area contributed by atoms with Crippen LogP contribution in [0.2, 0.25) is 5.02 Å². The Labute approximate surface area is 165 Å². The Bertz CT molecular complexity index is 806. The van der Waals surface area contributed by atoms with Gasteiger partial charge in [0.05, 0.1) is 10.7 Å². The minimum Gasteiger partial charge on any atom is -0.365 e. The molecular weight excluding hydrogens is 363 g/mol. The molecule has 3 atom stereocenters. The van der Waals surface area contributed by atoms with E-state index in [1.165, 1.54) is 44.3 Å². The zero-order chi connectivity index (χ0) is 19.2. The van der Waals surface area contributed by atoms with Crippen molar-refractivity contribution in [3.8, 4) is 11.3 Å². The predicted octanol–water partition coefficient (Wildman–Crippen LogP) is 4.71. The minimum atomic E-state index is -0.333. The molecule has 1 aromatic carbocycles. The third-order valence-corrected chi connectivity index (χ3v) is 5.96. The summed E-state index contributed by atoms with van der Waals surface area (Å²) in [5, 5.41) is 12.5. The lowest BCUT2D eigenvalue weighted by molar-refractivity contribution is 0.245. The Balaban J connectivity index is 1.32. The fourth-order valence-electron chi connectivity index (χ4n) is 3.92. The molecule has 0 spiro atoms. The van der Waals surface area contributed by atoms with Crippen LogP contribution in [0.3, 0.4) is 0 Å². The van der Waals surface area contributed by atoms with Crippen LogP contribution in [0, 0.1) is 23.1 Å². The first-order valence-electron chi connectivity index (χ1n) is 9.58. The molecule has 1 aromatic heterocycles. The summed E-state index contributed by atoms with van der Waals surface area (Å²) in [4.78, 5) is 2.58. The van der Waals surface area contributed by atoms with Gasteiger partial charge < -0.3 is 10.2 Å². The molecule has 6 heteroatoms. The van der Waals surface area contributed by atoms with E-state index in [1.54, 1.807) is 0 Å². The van der Waals surface area contributed by atoms with Crippen LogP contribution in [0.4, 0.5) is 10.2 Å². The zero-order valence-electron chi connectivity index (χ0n) is 16.0. The molecule has 0 radical (unpaired) electrons. The fourth-order valence-corrected chi connectivity index (χ4v) is 4.14. The van der Waals surface area contributed by atoms with Gasteiger partial charge in [-0.05, 0) is 60.5 Å². The quantitative estimate of drug-likeness (QED) is 0.805. The number of benzene rings is 1. The van der Waals surface area contributed by atoms with Gasteiger partial charge in [-0.15, -0.1) is 10.2 Å². The van der Waals surface area contributed by atoms with Gasteiger partial charge in [0, 0.05) is 24.7 Å². The van der Waals surface area contributed by atoms with E-state index in [9.17, 15) is 4.39 Å². The number of likely N-dealkylation sites (tertiary alicyclic amines) is 1. The van der Waals surface area contributed by atoms with E-state index in [2.05, 4.69) is 41.2 Å². The molecule has 1 saturated carbocycles. The number of anilines is 1. The standard InChI is InChI=1S/C21H26ClFN4/c1-21(2,3)8-9-27-11-15-16(12-27)20(15)24-19-7-6-18(25-26-19)14-10-13(23)4-5-17(14)22/h4-7,10,15-16,20H,8-9,11-12H2,1-3H3,(H,24,26)/t15-,16+,20-. The molecule has 2 heterocycles. The summed E-state index contributed by atoms with van der Waals surface area (Å²) in [6.45, 7) is 10.4. The van der Waals surface area contributed by atoms with Gasteiger partial charge in [-0.3, -0.25) is 0 Å². The first-order chi connectivity index (χ1) is 12.8. The van der Waals surface area contributed by atoms with Crippen LogP contribution in [0.1, 0.15) is 27.2 Å². The zero-order valence-corrected chi connectivity index (χ0v) is 16.8. The summed E-state index contributed by atoms with van der Waals surface area (Å²) in [6.07, 6.45) is 1.24. The van der Waals surface area contributed by atoms with Crippen molar-refractivity contribution in [2.45, 2.75) is 33.2 Å². The Kier molecular flexibility index (Phi) is 4.85. The second kappa shape index (κ2) is 7.02. The molecule has 4 nitrogen and oxygen atoms in total. The van der Waals surface area contributed by atoms with Crippen molar-refractivity contribution >= 4 is 17.4 Å². The molecule has 0 unspecified atom stereocenters. The van der Waals surface area contributed by atoms with Gasteiger partial charge in [0.15, 0.2) is 0 Å². The number of aromatic nitrogens is 2. The lowest BCUT2D eigenvalue weighted by Crippen LogP contribution is -2.30. The highest BCUT2D eigenvalue weighted by molar-refractivity contribution is 6.33. The van der Waals surface area contributed by atoms with Crippen LogP contribution >= 0.6 is 11.6 Å². The number of rotatable bonds is 5. The van der Waals surface area contributed by atoms with Gasteiger partial charge in [-0.25, -0.2) is 4.39 Å². The molecule has 2 fully saturated rings.